The summed E-state index contributed by atoms with van der Waals surface area (Å²) in [6.45, 7) is 2.53. The summed E-state index contributed by atoms with van der Waals surface area (Å²) in [5, 5.41) is -0.189. The molecule has 0 N–H and O–H groups in total. The summed E-state index contributed by atoms with van der Waals surface area (Å²) in [6.07, 6.45) is 0. The van der Waals surface area contributed by atoms with Gasteiger partial charge in [-0.15, -0.1) is 11.8 Å². The van der Waals surface area contributed by atoms with Crippen LogP contribution < -0.4 is 4.74 Å². The van der Waals surface area contributed by atoms with Crippen molar-refractivity contribution < 1.29 is 13.2 Å². The Morgan fingerprint density at radius 2 is 1.54 bits per heavy atom. The van der Waals surface area contributed by atoms with Crippen LogP contribution in [0.25, 0.3) is 0 Å². The highest BCUT2D eigenvalue weighted by molar-refractivity contribution is 8.01. The minimum Gasteiger partial charge on any atom is -0.457 e. The summed E-state index contributed by atoms with van der Waals surface area (Å²) < 4.78 is 33.8. The monoisotopic (exact) mass is 411 g/mol. The first-order valence-corrected chi connectivity index (χ1v) is 11.6. The average Bonchev–Trinajstić information content (AvgIpc) is 3.21. The molecule has 0 bridgehead atoms. The number of thioether (sulfide) groups is 1. The predicted molar refractivity (Wildman–Crippen MR) is 113 cm³/mol. The highest BCUT2D eigenvalue weighted by Crippen LogP contribution is 2.41. The van der Waals surface area contributed by atoms with Gasteiger partial charge in [-0.05, 0) is 48.9 Å². The van der Waals surface area contributed by atoms with Gasteiger partial charge in [-0.25, -0.2) is 8.42 Å². The van der Waals surface area contributed by atoms with Gasteiger partial charge in [-0.2, -0.15) is 4.31 Å². The maximum atomic E-state index is 13.2. The number of rotatable bonds is 5. The number of para-hydroxylation sites is 1. The highest BCUT2D eigenvalue weighted by Gasteiger charge is 2.36. The lowest BCUT2D eigenvalue weighted by molar-refractivity contribution is 0.434. The third-order valence-electron chi connectivity index (χ3n) is 4.62. The lowest BCUT2D eigenvalue weighted by Crippen LogP contribution is -2.30. The molecule has 1 fully saturated rings. The Kier molecular flexibility index (Phi) is 5.44. The lowest BCUT2D eigenvalue weighted by atomic mass is 10.1. The Bertz CT molecular complexity index is 1030. The molecular formula is C22H21NO3S2. The van der Waals surface area contributed by atoms with Crippen molar-refractivity contribution in [1.82, 2.24) is 4.31 Å². The van der Waals surface area contributed by atoms with Crippen LogP contribution in [0, 0.1) is 6.92 Å². The topological polar surface area (TPSA) is 46.6 Å². The van der Waals surface area contributed by atoms with Gasteiger partial charge in [0.1, 0.15) is 11.5 Å². The van der Waals surface area contributed by atoms with Crippen LogP contribution >= 0.6 is 11.8 Å². The molecule has 1 atom stereocenters. The molecule has 0 aliphatic carbocycles. The number of hydrogen-bond donors (Lipinski definition) is 0. The van der Waals surface area contributed by atoms with Gasteiger partial charge >= 0.3 is 0 Å². The first-order chi connectivity index (χ1) is 13.5. The molecule has 1 aliphatic heterocycles. The van der Waals surface area contributed by atoms with E-state index < -0.39 is 10.0 Å². The lowest BCUT2D eigenvalue weighted by Gasteiger charge is -2.23. The molecule has 4 rings (SSSR count). The van der Waals surface area contributed by atoms with Gasteiger partial charge in [-0.3, -0.25) is 0 Å². The molecule has 0 saturated carbocycles. The zero-order valence-electron chi connectivity index (χ0n) is 15.5. The van der Waals surface area contributed by atoms with E-state index in [0.29, 0.717) is 18.0 Å². The molecule has 3 aromatic carbocycles. The average molecular weight is 412 g/mol. The van der Waals surface area contributed by atoms with Crippen molar-refractivity contribution in [1.29, 1.82) is 0 Å². The van der Waals surface area contributed by atoms with Crippen LogP contribution in [0.5, 0.6) is 11.5 Å². The van der Waals surface area contributed by atoms with E-state index >= 15 is 0 Å². The molecular weight excluding hydrogens is 390 g/mol. The maximum absolute atomic E-state index is 13.2. The Balaban J connectivity index is 1.56. The van der Waals surface area contributed by atoms with E-state index in [2.05, 4.69) is 0 Å². The normalized spacial score (nSPS) is 17.5. The molecule has 4 nitrogen and oxygen atoms in total. The van der Waals surface area contributed by atoms with Crippen LogP contribution in [0.3, 0.4) is 0 Å². The summed E-state index contributed by atoms with van der Waals surface area (Å²) in [7, 11) is -3.58. The molecule has 1 unspecified atom stereocenters. The van der Waals surface area contributed by atoms with Gasteiger partial charge in [0, 0.05) is 12.3 Å². The van der Waals surface area contributed by atoms with Crippen LogP contribution in [0.15, 0.2) is 83.8 Å². The van der Waals surface area contributed by atoms with E-state index in [4.69, 9.17) is 4.74 Å². The number of hydrogen-bond acceptors (Lipinski definition) is 4. The van der Waals surface area contributed by atoms with Gasteiger partial charge in [-0.1, -0.05) is 48.0 Å². The number of sulfonamides is 1. The second-order valence-corrected chi connectivity index (χ2v) is 9.71. The quantitative estimate of drug-likeness (QED) is 0.577. The van der Waals surface area contributed by atoms with Gasteiger partial charge in [0.25, 0.3) is 0 Å². The fourth-order valence-corrected chi connectivity index (χ4v) is 6.38. The molecule has 0 spiro atoms. The molecule has 6 heteroatoms. The summed E-state index contributed by atoms with van der Waals surface area (Å²) in [5.74, 6) is 2.11. The van der Waals surface area contributed by atoms with Crippen LogP contribution in [-0.2, 0) is 10.0 Å². The minimum absolute atomic E-state index is 0.189. The van der Waals surface area contributed by atoms with E-state index in [-0.39, 0.29) is 10.3 Å². The predicted octanol–water partition coefficient (Wildman–Crippen LogP) is 5.22. The Morgan fingerprint density at radius 3 is 2.21 bits per heavy atom. The fraction of sp³-hybridized carbons (Fsp3) is 0.182. The Morgan fingerprint density at radius 1 is 0.893 bits per heavy atom. The zero-order chi connectivity index (χ0) is 19.6. The first-order valence-electron chi connectivity index (χ1n) is 9.07. The van der Waals surface area contributed by atoms with Crippen molar-refractivity contribution in [3.05, 3.63) is 90.0 Å². The Hall–Kier alpha value is -2.28. The van der Waals surface area contributed by atoms with E-state index in [9.17, 15) is 8.42 Å². The SMILES string of the molecule is Cc1ccc(C2SCCN2S(=O)(=O)c2ccc(Oc3ccccc3)cc2)cc1. The Labute approximate surface area is 170 Å². The molecule has 0 aromatic heterocycles. The smallest absolute Gasteiger partial charge is 0.244 e. The van der Waals surface area contributed by atoms with Gasteiger partial charge in [0.15, 0.2) is 0 Å². The molecule has 144 valence electrons. The number of benzene rings is 3. The van der Waals surface area contributed by atoms with Crippen LogP contribution in [-0.4, -0.2) is 25.0 Å². The fourth-order valence-electron chi connectivity index (χ4n) is 3.13. The van der Waals surface area contributed by atoms with Gasteiger partial charge in [0.2, 0.25) is 10.0 Å². The summed E-state index contributed by atoms with van der Waals surface area (Å²) in [6, 6.07) is 24.1. The standard InChI is InChI=1S/C22H21NO3S2/c1-17-7-9-18(10-8-17)22-23(15-16-27-22)28(24,25)21-13-11-20(12-14-21)26-19-5-3-2-4-6-19/h2-14,22H,15-16H2,1H3. The molecule has 0 amide bonds. The minimum atomic E-state index is -3.58. The number of nitrogens with zero attached hydrogens (tertiary/aromatic N) is 1. The third-order valence-corrected chi connectivity index (χ3v) is 7.89. The molecule has 1 saturated heterocycles. The van der Waals surface area contributed by atoms with Gasteiger partial charge in [0.05, 0.1) is 10.3 Å². The van der Waals surface area contributed by atoms with Crippen molar-refractivity contribution in [3.8, 4) is 11.5 Å². The maximum Gasteiger partial charge on any atom is 0.244 e. The largest absolute Gasteiger partial charge is 0.457 e. The second-order valence-electron chi connectivity index (χ2n) is 6.64. The van der Waals surface area contributed by atoms with Crippen molar-refractivity contribution >= 4 is 21.8 Å². The first kappa shape index (κ1) is 19.1. The van der Waals surface area contributed by atoms with Crippen molar-refractivity contribution in [3.63, 3.8) is 0 Å². The van der Waals surface area contributed by atoms with E-state index in [1.165, 1.54) is 0 Å². The van der Waals surface area contributed by atoms with Crippen LogP contribution in [0.2, 0.25) is 0 Å². The van der Waals surface area contributed by atoms with E-state index in [0.717, 1.165) is 16.9 Å². The molecule has 0 radical (unpaired) electrons. The number of ether oxygens (including phenoxy) is 1. The number of aryl methyl sites for hydroxylation is 1. The molecule has 28 heavy (non-hydrogen) atoms. The third kappa shape index (κ3) is 3.94. The van der Waals surface area contributed by atoms with Gasteiger partial charge < -0.3 is 4.74 Å². The summed E-state index contributed by atoms with van der Waals surface area (Å²) in [5.41, 5.74) is 2.18. The molecule has 1 aliphatic rings. The zero-order valence-corrected chi connectivity index (χ0v) is 17.1. The van der Waals surface area contributed by atoms with Crippen molar-refractivity contribution in [2.75, 3.05) is 12.3 Å². The highest BCUT2D eigenvalue weighted by atomic mass is 32.2. The second kappa shape index (κ2) is 7.99. The molecule has 3 aromatic rings. The van der Waals surface area contributed by atoms with E-state index in [1.54, 1.807) is 40.3 Å². The van der Waals surface area contributed by atoms with Crippen LogP contribution in [0.1, 0.15) is 16.5 Å². The van der Waals surface area contributed by atoms with Crippen molar-refractivity contribution in [2.45, 2.75) is 17.2 Å². The van der Waals surface area contributed by atoms with Crippen molar-refractivity contribution in [2.24, 2.45) is 0 Å². The van der Waals surface area contributed by atoms with E-state index in [1.807, 2.05) is 61.5 Å². The summed E-state index contributed by atoms with van der Waals surface area (Å²) in [4.78, 5) is 0.285. The molecule has 1 heterocycles. The van der Waals surface area contributed by atoms with Crippen LogP contribution in [0.4, 0.5) is 0 Å². The summed E-state index contributed by atoms with van der Waals surface area (Å²) >= 11 is 1.66.